The minimum atomic E-state index is -0.663. The Morgan fingerprint density at radius 3 is 2.63 bits per heavy atom. The summed E-state index contributed by atoms with van der Waals surface area (Å²) in [6.07, 6.45) is -0.663. The van der Waals surface area contributed by atoms with Gasteiger partial charge in [0, 0.05) is 37.8 Å². The molecule has 6 nitrogen and oxygen atoms in total. The number of aliphatic hydroxyl groups is 1. The Kier molecular flexibility index (Phi) is 8.39. The van der Waals surface area contributed by atoms with Crippen molar-refractivity contribution in [3.05, 3.63) is 65.2 Å². The van der Waals surface area contributed by atoms with E-state index < -0.39 is 6.10 Å². The van der Waals surface area contributed by atoms with Crippen LogP contribution in [0.4, 0.5) is 0 Å². The van der Waals surface area contributed by atoms with Crippen molar-refractivity contribution >= 4 is 5.78 Å². The molecule has 2 N–H and O–H groups in total. The second-order valence-electron chi connectivity index (χ2n) is 7.83. The first-order valence-electron chi connectivity index (χ1n) is 10.5. The quantitative estimate of drug-likeness (QED) is 0.585. The van der Waals surface area contributed by atoms with Gasteiger partial charge in [0.15, 0.2) is 5.78 Å². The molecule has 162 valence electrons. The number of carbonyl (C=O) groups is 1. The first-order valence-corrected chi connectivity index (χ1v) is 10.5. The van der Waals surface area contributed by atoms with Crippen LogP contribution in [0, 0.1) is 6.92 Å². The van der Waals surface area contributed by atoms with Crippen LogP contribution >= 0.6 is 0 Å². The summed E-state index contributed by atoms with van der Waals surface area (Å²) in [7, 11) is 0. The Bertz CT molecular complexity index is 803. The summed E-state index contributed by atoms with van der Waals surface area (Å²) in [5.41, 5.74) is 3.03. The van der Waals surface area contributed by atoms with Gasteiger partial charge in [-0.15, -0.1) is 0 Å². The molecule has 1 heterocycles. The number of Topliss-reactive ketones (excluding diaryl/α,β-unsaturated/α-hetero) is 1. The monoisotopic (exact) mass is 412 g/mol. The number of benzene rings is 2. The molecule has 0 spiro atoms. The van der Waals surface area contributed by atoms with Crippen molar-refractivity contribution in [2.75, 3.05) is 46.0 Å². The van der Waals surface area contributed by atoms with E-state index in [1.165, 1.54) is 18.1 Å². The lowest BCUT2D eigenvalue weighted by Crippen LogP contribution is -2.43. The number of carbonyl (C=O) groups excluding carboxylic acids is 1. The van der Waals surface area contributed by atoms with Gasteiger partial charge in [-0.3, -0.25) is 9.69 Å². The molecule has 2 aromatic carbocycles. The summed E-state index contributed by atoms with van der Waals surface area (Å²) < 4.78 is 11.2. The number of hydrogen-bond acceptors (Lipinski definition) is 6. The number of rotatable bonds is 10. The third-order valence-corrected chi connectivity index (χ3v) is 5.31. The summed E-state index contributed by atoms with van der Waals surface area (Å²) in [4.78, 5) is 13.9. The molecular formula is C24H32N2O4. The molecule has 0 radical (unpaired) electrons. The zero-order chi connectivity index (χ0) is 21.3. The second-order valence-corrected chi connectivity index (χ2v) is 7.83. The number of ketones is 1. The standard InChI is InChI=1S/C24H32N2O4/c1-18-6-8-20(9-7-18)24(16-26-10-12-29-13-11-26)25-15-22(28)17-30-23-5-3-4-21(14-23)19(2)27/h3-9,14,22,24-25,28H,10-13,15-17H2,1-2H3/t22-,24-/m1/s1. The van der Waals surface area contributed by atoms with Crippen molar-refractivity contribution in [1.82, 2.24) is 10.2 Å². The van der Waals surface area contributed by atoms with Crippen LogP contribution in [0.5, 0.6) is 5.75 Å². The molecule has 1 fully saturated rings. The largest absolute Gasteiger partial charge is 0.491 e. The fourth-order valence-electron chi connectivity index (χ4n) is 3.46. The first-order chi connectivity index (χ1) is 14.5. The number of aryl methyl sites for hydroxylation is 1. The highest BCUT2D eigenvalue weighted by molar-refractivity contribution is 5.94. The molecule has 2 atom stereocenters. The van der Waals surface area contributed by atoms with Crippen LogP contribution in [0.15, 0.2) is 48.5 Å². The Morgan fingerprint density at radius 2 is 1.93 bits per heavy atom. The Balaban J connectivity index is 1.55. The molecule has 1 aliphatic rings. The van der Waals surface area contributed by atoms with Crippen LogP contribution in [0.2, 0.25) is 0 Å². The third kappa shape index (κ3) is 6.92. The minimum absolute atomic E-state index is 0.00767. The fraction of sp³-hybridized carbons (Fsp3) is 0.458. The van der Waals surface area contributed by atoms with Gasteiger partial charge in [0.2, 0.25) is 0 Å². The van der Waals surface area contributed by atoms with E-state index in [0.29, 0.717) is 17.9 Å². The highest BCUT2D eigenvalue weighted by atomic mass is 16.5. The van der Waals surface area contributed by atoms with Gasteiger partial charge in [0.25, 0.3) is 0 Å². The maximum atomic E-state index is 11.5. The number of ether oxygens (including phenoxy) is 2. The van der Waals surface area contributed by atoms with Crippen molar-refractivity contribution in [3.8, 4) is 5.75 Å². The summed E-state index contributed by atoms with van der Waals surface area (Å²) in [5, 5.41) is 13.9. The van der Waals surface area contributed by atoms with E-state index >= 15 is 0 Å². The number of morpholine rings is 1. The Morgan fingerprint density at radius 1 is 1.20 bits per heavy atom. The molecule has 1 aliphatic heterocycles. The number of aliphatic hydroxyl groups excluding tert-OH is 1. The van der Waals surface area contributed by atoms with E-state index in [9.17, 15) is 9.90 Å². The maximum Gasteiger partial charge on any atom is 0.159 e. The van der Waals surface area contributed by atoms with Gasteiger partial charge >= 0.3 is 0 Å². The highest BCUT2D eigenvalue weighted by Gasteiger charge is 2.19. The minimum Gasteiger partial charge on any atom is -0.491 e. The predicted molar refractivity (Wildman–Crippen MR) is 117 cm³/mol. The molecule has 0 bridgehead atoms. The van der Waals surface area contributed by atoms with Crippen LogP contribution in [0.25, 0.3) is 0 Å². The molecule has 2 aromatic rings. The van der Waals surface area contributed by atoms with E-state index in [0.717, 1.165) is 32.8 Å². The average molecular weight is 413 g/mol. The third-order valence-electron chi connectivity index (χ3n) is 5.31. The van der Waals surface area contributed by atoms with Crippen LogP contribution in [-0.4, -0.2) is 67.9 Å². The van der Waals surface area contributed by atoms with E-state index in [-0.39, 0.29) is 18.4 Å². The highest BCUT2D eigenvalue weighted by Crippen LogP contribution is 2.17. The lowest BCUT2D eigenvalue weighted by Gasteiger charge is -2.31. The van der Waals surface area contributed by atoms with E-state index in [1.54, 1.807) is 24.3 Å². The van der Waals surface area contributed by atoms with E-state index in [4.69, 9.17) is 9.47 Å². The van der Waals surface area contributed by atoms with Gasteiger partial charge < -0.3 is 19.9 Å². The molecule has 6 heteroatoms. The summed E-state index contributed by atoms with van der Waals surface area (Å²) in [5.74, 6) is 0.580. The molecule has 0 amide bonds. The molecule has 0 aliphatic carbocycles. The second kappa shape index (κ2) is 11.2. The SMILES string of the molecule is CC(=O)c1cccc(OC[C@H](O)CN[C@H](CN2CCOCC2)c2ccc(C)cc2)c1. The Labute approximate surface area is 178 Å². The van der Waals surface area contributed by atoms with Gasteiger partial charge in [0.1, 0.15) is 18.5 Å². The summed E-state index contributed by atoms with van der Waals surface area (Å²) in [6.45, 7) is 8.40. The van der Waals surface area contributed by atoms with Gasteiger partial charge in [-0.2, -0.15) is 0 Å². The Hall–Kier alpha value is -2.25. The number of hydrogen-bond donors (Lipinski definition) is 2. The van der Waals surface area contributed by atoms with Gasteiger partial charge in [-0.1, -0.05) is 42.0 Å². The lowest BCUT2D eigenvalue weighted by molar-refractivity contribution is 0.0319. The summed E-state index contributed by atoms with van der Waals surface area (Å²) in [6, 6.07) is 15.7. The number of nitrogens with zero attached hydrogens (tertiary/aromatic N) is 1. The fourth-order valence-corrected chi connectivity index (χ4v) is 3.46. The molecule has 0 aromatic heterocycles. The van der Waals surface area contributed by atoms with Gasteiger partial charge in [-0.05, 0) is 31.5 Å². The smallest absolute Gasteiger partial charge is 0.159 e. The molecule has 0 unspecified atom stereocenters. The topological polar surface area (TPSA) is 71.0 Å². The van der Waals surface area contributed by atoms with Crippen molar-refractivity contribution in [3.63, 3.8) is 0 Å². The van der Waals surface area contributed by atoms with Crippen LogP contribution in [-0.2, 0) is 4.74 Å². The van der Waals surface area contributed by atoms with Crippen molar-refractivity contribution in [2.45, 2.75) is 26.0 Å². The zero-order valence-electron chi connectivity index (χ0n) is 17.8. The molecule has 0 saturated carbocycles. The van der Waals surface area contributed by atoms with E-state index in [2.05, 4.69) is 41.4 Å². The van der Waals surface area contributed by atoms with Crippen LogP contribution in [0.1, 0.15) is 34.5 Å². The van der Waals surface area contributed by atoms with E-state index in [1.807, 2.05) is 0 Å². The van der Waals surface area contributed by atoms with Crippen LogP contribution in [0.3, 0.4) is 0 Å². The number of nitrogens with one attached hydrogen (secondary N) is 1. The average Bonchev–Trinajstić information content (AvgIpc) is 2.76. The normalized spacial score (nSPS) is 16.8. The van der Waals surface area contributed by atoms with Gasteiger partial charge in [0.05, 0.1) is 13.2 Å². The van der Waals surface area contributed by atoms with Gasteiger partial charge in [-0.25, -0.2) is 0 Å². The molecule has 1 saturated heterocycles. The first kappa shape index (κ1) is 22.4. The summed E-state index contributed by atoms with van der Waals surface area (Å²) >= 11 is 0. The molecule has 30 heavy (non-hydrogen) atoms. The van der Waals surface area contributed by atoms with Crippen LogP contribution < -0.4 is 10.1 Å². The van der Waals surface area contributed by atoms with Crippen molar-refractivity contribution in [1.29, 1.82) is 0 Å². The molecular weight excluding hydrogens is 380 g/mol. The maximum absolute atomic E-state index is 11.5. The predicted octanol–water partition coefficient (Wildman–Crippen LogP) is 2.60. The van der Waals surface area contributed by atoms with Crippen molar-refractivity contribution in [2.24, 2.45) is 0 Å². The van der Waals surface area contributed by atoms with Crippen molar-refractivity contribution < 1.29 is 19.4 Å². The lowest BCUT2D eigenvalue weighted by atomic mass is 10.0. The zero-order valence-corrected chi connectivity index (χ0v) is 17.8. The molecule has 3 rings (SSSR count).